The van der Waals surface area contributed by atoms with E-state index in [1.54, 1.807) is 6.07 Å². The number of halogens is 4. The van der Waals surface area contributed by atoms with Crippen LogP contribution in [0.4, 0.5) is 4.39 Å². The van der Waals surface area contributed by atoms with Crippen LogP contribution in [-0.4, -0.2) is 16.2 Å². The molecule has 8 heteroatoms. The van der Waals surface area contributed by atoms with Crippen LogP contribution in [0.2, 0.25) is 0 Å². The van der Waals surface area contributed by atoms with E-state index in [9.17, 15) is 9.18 Å². The summed E-state index contributed by atoms with van der Waals surface area (Å²) in [5.41, 5.74) is 0.332. The Kier molecular flexibility index (Phi) is 6.39. The minimum absolute atomic E-state index is 0.0179. The number of benzene rings is 2. The fourth-order valence-electron chi connectivity index (χ4n) is 1.62. The Morgan fingerprint density at radius 2 is 1.82 bits per heavy atom. The number of hydrogen-bond acceptors (Lipinski definition) is 4. The molecule has 0 fully saturated rings. The van der Waals surface area contributed by atoms with Gasteiger partial charge in [-0.05, 0) is 92.0 Å². The zero-order chi connectivity index (χ0) is 16.4. The molecule has 2 N–H and O–H groups in total. The van der Waals surface area contributed by atoms with Crippen LogP contribution in [0.3, 0.4) is 0 Å². The van der Waals surface area contributed by atoms with E-state index in [1.165, 1.54) is 12.1 Å². The van der Waals surface area contributed by atoms with Crippen molar-refractivity contribution in [2.45, 2.75) is 6.29 Å². The van der Waals surface area contributed by atoms with Crippen LogP contribution in [0, 0.1) is 16.5 Å². The third-order valence-corrected chi connectivity index (χ3v) is 6.34. The lowest BCUT2D eigenvalue weighted by molar-refractivity contribution is -0.0427. The normalized spacial score (nSPS) is 10.9. The number of aliphatic hydroxyl groups excluding tert-OH is 1. The summed E-state index contributed by atoms with van der Waals surface area (Å²) in [5.74, 6) is -1.77. The van der Waals surface area contributed by atoms with Gasteiger partial charge in [0.15, 0.2) is 17.9 Å². The highest BCUT2D eigenvalue weighted by molar-refractivity contribution is 14.1. The first kappa shape index (κ1) is 18.3. The molecule has 4 nitrogen and oxygen atoms in total. The predicted molar refractivity (Wildman–Crippen MR) is 103 cm³/mol. The summed E-state index contributed by atoms with van der Waals surface area (Å²) in [6, 6.07) is 6.96. The topological polar surface area (TPSA) is 66.8 Å². The molecular formula is C14H8FI3O4. The molecule has 0 saturated heterocycles. The SMILES string of the molecule is O=C(Oc1ccc(C(O)O)cc1F)c1cc(I)cc(I)c1I. The fourth-order valence-corrected chi connectivity index (χ4v) is 4.00. The van der Waals surface area contributed by atoms with Gasteiger partial charge in [-0.1, -0.05) is 6.07 Å². The lowest BCUT2D eigenvalue weighted by Gasteiger charge is -2.10. The monoisotopic (exact) mass is 640 g/mol. The van der Waals surface area contributed by atoms with Crippen molar-refractivity contribution in [2.24, 2.45) is 0 Å². The van der Waals surface area contributed by atoms with Gasteiger partial charge in [-0.15, -0.1) is 0 Å². The van der Waals surface area contributed by atoms with Crippen LogP contribution >= 0.6 is 67.8 Å². The standard InChI is InChI=1S/C14H8FI3O4/c15-9-3-6(13(19)20)1-2-11(9)22-14(21)8-4-7(16)5-10(17)12(8)18/h1-5,13,19-20H. The number of aliphatic hydroxyl groups is 2. The van der Waals surface area contributed by atoms with E-state index in [4.69, 9.17) is 14.9 Å². The molecule has 0 amide bonds. The van der Waals surface area contributed by atoms with Crippen LogP contribution in [0.25, 0.3) is 0 Å². The zero-order valence-electron chi connectivity index (χ0n) is 10.7. The molecule has 0 aliphatic carbocycles. The second-order valence-corrected chi connectivity index (χ2v) is 7.69. The van der Waals surface area contributed by atoms with Gasteiger partial charge in [-0.3, -0.25) is 0 Å². The van der Waals surface area contributed by atoms with Gasteiger partial charge in [0.05, 0.1) is 5.56 Å². The molecule has 0 aliphatic rings. The minimum atomic E-state index is -1.78. The average molecular weight is 640 g/mol. The third kappa shape index (κ3) is 4.27. The number of carbonyl (C=O) groups excluding carboxylic acids is 1. The van der Waals surface area contributed by atoms with E-state index in [2.05, 4.69) is 45.2 Å². The summed E-state index contributed by atoms with van der Waals surface area (Å²) in [7, 11) is 0. The molecule has 0 bridgehead atoms. The highest BCUT2D eigenvalue weighted by Gasteiger charge is 2.18. The smallest absolute Gasteiger partial charge is 0.344 e. The van der Waals surface area contributed by atoms with Crippen molar-refractivity contribution < 1.29 is 24.1 Å². The van der Waals surface area contributed by atoms with Crippen LogP contribution in [0.5, 0.6) is 5.75 Å². The van der Waals surface area contributed by atoms with Crippen LogP contribution in [0.1, 0.15) is 22.2 Å². The fraction of sp³-hybridized carbons (Fsp3) is 0.0714. The van der Waals surface area contributed by atoms with E-state index >= 15 is 0 Å². The first-order valence-electron chi connectivity index (χ1n) is 5.82. The van der Waals surface area contributed by atoms with Crippen molar-refractivity contribution in [3.05, 3.63) is 58.0 Å². The molecule has 0 radical (unpaired) electrons. The summed E-state index contributed by atoms with van der Waals surface area (Å²) in [6.45, 7) is 0. The summed E-state index contributed by atoms with van der Waals surface area (Å²) >= 11 is 6.22. The number of carbonyl (C=O) groups is 1. The van der Waals surface area contributed by atoms with Gasteiger partial charge in [0.2, 0.25) is 0 Å². The van der Waals surface area contributed by atoms with Gasteiger partial charge in [0.25, 0.3) is 0 Å². The second-order valence-electron chi connectivity index (χ2n) is 4.20. The Morgan fingerprint density at radius 1 is 1.14 bits per heavy atom. The Hall–Kier alpha value is -0.0500. The summed E-state index contributed by atoms with van der Waals surface area (Å²) in [5, 5.41) is 17.9. The van der Waals surface area contributed by atoms with Gasteiger partial charge in [-0.25, -0.2) is 9.18 Å². The van der Waals surface area contributed by atoms with Crippen LogP contribution in [0.15, 0.2) is 30.3 Å². The van der Waals surface area contributed by atoms with E-state index in [-0.39, 0.29) is 11.3 Å². The summed E-state index contributed by atoms with van der Waals surface area (Å²) < 4.78 is 21.4. The molecule has 2 aromatic carbocycles. The first-order valence-corrected chi connectivity index (χ1v) is 9.05. The molecule has 0 atom stereocenters. The van der Waals surface area contributed by atoms with E-state index < -0.39 is 18.1 Å². The van der Waals surface area contributed by atoms with Crippen molar-refractivity contribution in [2.75, 3.05) is 0 Å². The Labute approximate surface area is 166 Å². The van der Waals surface area contributed by atoms with Crippen molar-refractivity contribution in [3.8, 4) is 5.75 Å². The zero-order valence-corrected chi connectivity index (χ0v) is 17.2. The Morgan fingerprint density at radius 3 is 2.41 bits per heavy atom. The molecule has 0 spiro atoms. The van der Waals surface area contributed by atoms with Crippen LogP contribution in [-0.2, 0) is 0 Å². The minimum Gasteiger partial charge on any atom is -0.420 e. The summed E-state index contributed by atoms with van der Waals surface area (Å²) in [4.78, 5) is 12.2. The van der Waals surface area contributed by atoms with Gasteiger partial charge >= 0.3 is 5.97 Å². The van der Waals surface area contributed by atoms with Gasteiger partial charge < -0.3 is 14.9 Å². The molecule has 0 aromatic heterocycles. The van der Waals surface area contributed by atoms with Gasteiger partial charge in [-0.2, -0.15) is 0 Å². The first-order chi connectivity index (χ1) is 10.3. The lowest BCUT2D eigenvalue weighted by Crippen LogP contribution is -2.12. The maximum absolute atomic E-state index is 13.8. The molecule has 0 heterocycles. The van der Waals surface area contributed by atoms with Crippen molar-refractivity contribution in [1.29, 1.82) is 0 Å². The number of rotatable bonds is 3. The second kappa shape index (κ2) is 7.68. The van der Waals surface area contributed by atoms with E-state index in [1.807, 2.05) is 28.7 Å². The predicted octanol–water partition coefficient (Wildman–Crippen LogP) is 3.84. The molecule has 0 saturated carbocycles. The molecule has 116 valence electrons. The van der Waals surface area contributed by atoms with Crippen molar-refractivity contribution in [3.63, 3.8) is 0 Å². The Balaban J connectivity index is 2.30. The quantitative estimate of drug-likeness (QED) is 0.176. The average Bonchev–Trinajstić information content (AvgIpc) is 2.44. The number of hydrogen-bond donors (Lipinski definition) is 2. The highest BCUT2D eigenvalue weighted by Crippen LogP contribution is 2.26. The van der Waals surface area contributed by atoms with Crippen molar-refractivity contribution in [1.82, 2.24) is 0 Å². The highest BCUT2D eigenvalue weighted by atomic mass is 127. The number of esters is 1. The molecule has 0 unspecified atom stereocenters. The third-order valence-electron chi connectivity index (χ3n) is 2.67. The molecule has 2 rings (SSSR count). The lowest BCUT2D eigenvalue weighted by atomic mass is 10.2. The van der Waals surface area contributed by atoms with Gasteiger partial charge in [0.1, 0.15) is 0 Å². The number of ether oxygens (including phenoxy) is 1. The maximum atomic E-state index is 13.8. The molecule has 0 aliphatic heterocycles. The van der Waals surface area contributed by atoms with Crippen LogP contribution < -0.4 is 4.74 Å². The largest absolute Gasteiger partial charge is 0.420 e. The molecular weight excluding hydrogens is 632 g/mol. The Bertz CT molecular complexity index is 734. The maximum Gasteiger partial charge on any atom is 0.344 e. The van der Waals surface area contributed by atoms with Gasteiger partial charge in [0, 0.05) is 16.3 Å². The summed E-state index contributed by atoms with van der Waals surface area (Å²) in [6.07, 6.45) is -1.78. The van der Waals surface area contributed by atoms with E-state index in [0.29, 0.717) is 5.56 Å². The van der Waals surface area contributed by atoms with E-state index in [0.717, 1.165) is 16.8 Å². The molecule has 22 heavy (non-hydrogen) atoms. The van der Waals surface area contributed by atoms with Crippen molar-refractivity contribution >= 4 is 73.7 Å². The molecule has 2 aromatic rings.